The van der Waals surface area contributed by atoms with Gasteiger partial charge >= 0.3 is 5.97 Å². The number of esters is 1. The van der Waals surface area contributed by atoms with Gasteiger partial charge in [-0.1, -0.05) is 51.9 Å². The van der Waals surface area contributed by atoms with E-state index in [4.69, 9.17) is 4.74 Å². The highest BCUT2D eigenvalue weighted by atomic mass is 19.1. The molecule has 0 bridgehead atoms. The van der Waals surface area contributed by atoms with Crippen LogP contribution in [0.2, 0.25) is 0 Å². The van der Waals surface area contributed by atoms with Crippen molar-refractivity contribution in [2.24, 2.45) is 0 Å². The summed E-state index contributed by atoms with van der Waals surface area (Å²) >= 11 is 0. The molecule has 0 amide bonds. The molecule has 0 aliphatic rings. The number of hydrogen-bond acceptors (Lipinski definition) is 3. The molecule has 1 aromatic carbocycles. The highest BCUT2D eigenvalue weighted by molar-refractivity contribution is 5.92. The maximum absolute atomic E-state index is 12.8. The normalized spacial score (nSPS) is 10.6. The van der Waals surface area contributed by atoms with Gasteiger partial charge in [-0.3, -0.25) is 0 Å². The Morgan fingerprint density at radius 1 is 1.10 bits per heavy atom. The van der Waals surface area contributed by atoms with Gasteiger partial charge < -0.3 is 9.84 Å². The second-order valence-corrected chi connectivity index (χ2v) is 5.27. The van der Waals surface area contributed by atoms with E-state index in [-0.39, 0.29) is 11.3 Å². The summed E-state index contributed by atoms with van der Waals surface area (Å²) in [5.74, 6) is -1.56. The second-order valence-electron chi connectivity index (χ2n) is 5.27. The molecule has 0 radical (unpaired) electrons. The summed E-state index contributed by atoms with van der Waals surface area (Å²) in [6, 6.07) is 3.28. The first-order valence-electron chi connectivity index (χ1n) is 7.80. The summed E-state index contributed by atoms with van der Waals surface area (Å²) in [6.45, 7) is 2.54. The van der Waals surface area contributed by atoms with Crippen LogP contribution < -0.4 is 0 Å². The van der Waals surface area contributed by atoms with E-state index in [0.29, 0.717) is 6.61 Å². The lowest BCUT2D eigenvalue weighted by Gasteiger charge is -2.06. The van der Waals surface area contributed by atoms with E-state index in [1.165, 1.54) is 38.2 Å². The largest absolute Gasteiger partial charge is 0.507 e. The first-order chi connectivity index (χ1) is 10.1. The molecule has 0 saturated carbocycles. The Hall–Kier alpha value is -1.58. The van der Waals surface area contributed by atoms with Crippen molar-refractivity contribution >= 4 is 5.97 Å². The fourth-order valence-corrected chi connectivity index (χ4v) is 2.16. The maximum atomic E-state index is 12.8. The predicted molar refractivity (Wildman–Crippen MR) is 81.0 cm³/mol. The highest BCUT2D eigenvalue weighted by Gasteiger charge is 2.12. The van der Waals surface area contributed by atoms with Gasteiger partial charge in [-0.05, 0) is 18.6 Å². The number of ether oxygens (including phenoxy) is 1. The standard InChI is InChI=1S/C17H25FO3/c1-2-3-4-5-6-7-8-9-12-21-17(20)15-11-10-14(18)13-16(15)19/h10-11,13,19H,2-9,12H2,1H3. The van der Waals surface area contributed by atoms with E-state index in [2.05, 4.69) is 6.92 Å². The van der Waals surface area contributed by atoms with Gasteiger partial charge in [0.05, 0.1) is 6.61 Å². The first kappa shape index (κ1) is 17.5. The van der Waals surface area contributed by atoms with Crippen molar-refractivity contribution in [1.82, 2.24) is 0 Å². The number of carbonyl (C=O) groups is 1. The number of unbranched alkanes of at least 4 members (excludes halogenated alkanes) is 7. The van der Waals surface area contributed by atoms with E-state index < -0.39 is 11.8 Å². The molecular weight excluding hydrogens is 271 g/mol. The van der Waals surface area contributed by atoms with Crippen LogP contribution in [-0.4, -0.2) is 17.7 Å². The minimum atomic E-state index is -0.601. The number of phenolic OH excluding ortho intramolecular Hbond substituents is 1. The minimum Gasteiger partial charge on any atom is -0.507 e. The lowest BCUT2D eigenvalue weighted by molar-refractivity contribution is 0.0494. The second kappa shape index (κ2) is 10.2. The van der Waals surface area contributed by atoms with E-state index >= 15 is 0 Å². The van der Waals surface area contributed by atoms with Crippen molar-refractivity contribution in [3.63, 3.8) is 0 Å². The number of halogens is 1. The molecule has 0 heterocycles. The molecule has 21 heavy (non-hydrogen) atoms. The van der Waals surface area contributed by atoms with Gasteiger partial charge in [0.25, 0.3) is 0 Å². The molecule has 0 atom stereocenters. The molecule has 0 aliphatic heterocycles. The minimum absolute atomic E-state index is 0.0102. The van der Waals surface area contributed by atoms with Crippen molar-refractivity contribution in [1.29, 1.82) is 0 Å². The third-order valence-electron chi connectivity index (χ3n) is 3.41. The van der Waals surface area contributed by atoms with E-state index in [1.807, 2.05) is 0 Å². The van der Waals surface area contributed by atoms with Crippen LogP contribution in [0.3, 0.4) is 0 Å². The van der Waals surface area contributed by atoms with Crippen molar-refractivity contribution < 1.29 is 19.0 Å². The molecule has 0 spiro atoms. The monoisotopic (exact) mass is 296 g/mol. The number of phenols is 1. The van der Waals surface area contributed by atoms with Crippen molar-refractivity contribution in [2.45, 2.75) is 58.3 Å². The summed E-state index contributed by atoms with van der Waals surface area (Å²) in [5.41, 5.74) is 0.0102. The number of aromatic hydroxyl groups is 1. The van der Waals surface area contributed by atoms with Crippen molar-refractivity contribution in [3.05, 3.63) is 29.6 Å². The molecule has 0 fully saturated rings. The average molecular weight is 296 g/mol. The topological polar surface area (TPSA) is 46.5 Å². The zero-order valence-corrected chi connectivity index (χ0v) is 12.7. The van der Waals surface area contributed by atoms with Gasteiger partial charge in [-0.25, -0.2) is 9.18 Å². The van der Waals surface area contributed by atoms with E-state index in [9.17, 15) is 14.3 Å². The van der Waals surface area contributed by atoms with Crippen LogP contribution in [0.5, 0.6) is 5.75 Å². The predicted octanol–water partition coefficient (Wildman–Crippen LogP) is 4.83. The lowest BCUT2D eigenvalue weighted by atomic mass is 10.1. The number of carbonyl (C=O) groups excluding carboxylic acids is 1. The summed E-state index contributed by atoms with van der Waals surface area (Å²) in [6.07, 6.45) is 9.38. The van der Waals surface area contributed by atoms with E-state index in [0.717, 1.165) is 31.4 Å². The highest BCUT2D eigenvalue weighted by Crippen LogP contribution is 2.19. The number of rotatable bonds is 10. The first-order valence-corrected chi connectivity index (χ1v) is 7.80. The Kier molecular flexibility index (Phi) is 8.48. The maximum Gasteiger partial charge on any atom is 0.341 e. The summed E-state index contributed by atoms with van der Waals surface area (Å²) < 4.78 is 17.9. The molecule has 0 aliphatic carbocycles. The quantitative estimate of drug-likeness (QED) is 0.497. The Labute approximate surface area is 126 Å². The molecule has 0 unspecified atom stereocenters. The van der Waals surface area contributed by atoms with Crippen LogP contribution in [0.4, 0.5) is 4.39 Å². The van der Waals surface area contributed by atoms with Crippen LogP contribution >= 0.6 is 0 Å². The Morgan fingerprint density at radius 2 is 1.71 bits per heavy atom. The van der Waals surface area contributed by atoms with Crippen LogP contribution in [0.15, 0.2) is 18.2 Å². The summed E-state index contributed by atoms with van der Waals surface area (Å²) in [5, 5.41) is 9.46. The molecular formula is C17H25FO3. The summed E-state index contributed by atoms with van der Waals surface area (Å²) in [4.78, 5) is 11.7. The zero-order chi connectivity index (χ0) is 15.5. The molecule has 118 valence electrons. The van der Waals surface area contributed by atoms with Crippen LogP contribution in [0.25, 0.3) is 0 Å². The van der Waals surface area contributed by atoms with Gasteiger partial charge in [0.2, 0.25) is 0 Å². The van der Waals surface area contributed by atoms with Crippen molar-refractivity contribution in [3.8, 4) is 5.75 Å². The smallest absolute Gasteiger partial charge is 0.341 e. The molecule has 4 heteroatoms. The Bertz CT molecular complexity index is 432. The Balaban J connectivity index is 2.11. The van der Waals surface area contributed by atoms with Gasteiger partial charge in [0.1, 0.15) is 17.1 Å². The van der Waals surface area contributed by atoms with Gasteiger partial charge in [0, 0.05) is 6.07 Å². The van der Waals surface area contributed by atoms with Crippen LogP contribution in [0, 0.1) is 5.82 Å². The third-order valence-corrected chi connectivity index (χ3v) is 3.41. The SMILES string of the molecule is CCCCCCCCCCOC(=O)c1ccc(F)cc1O. The fourth-order valence-electron chi connectivity index (χ4n) is 2.16. The van der Waals surface area contributed by atoms with Gasteiger partial charge in [-0.15, -0.1) is 0 Å². The number of hydrogen-bond donors (Lipinski definition) is 1. The molecule has 3 nitrogen and oxygen atoms in total. The third kappa shape index (κ3) is 7.11. The van der Waals surface area contributed by atoms with Crippen LogP contribution in [-0.2, 0) is 4.74 Å². The van der Waals surface area contributed by atoms with E-state index in [1.54, 1.807) is 0 Å². The molecule has 1 aromatic rings. The van der Waals surface area contributed by atoms with Crippen LogP contribution in [0.1, 0.15) is 68.6 Å². The lowest BCUT2D eigenvalue weighted by Crippen LogP contribution is -2.07. The number of benzene rings is 1. The zero-order valence-electron chi connectivity index (χ0n) is 12.7. The molecule has 0 aromatic heterocycles. The van der Waals surface area contributed by atoms with Gasteiger partial charge in [0.15, 0.2) is 0 Å². The molecule has 0 saturated heterocycles. The van der Waals surface area contributed by atoms with Gasteiger partial charge in [-0.2, -0.15) is 0 Å². The van der Waals surface area contributed by atoms with Crippen molar-refractivity contribution in [2.75, 3.05) is 6.61 Å². The average Bonchev–Trinajstić information content (AvgIpc) is 2.45. The fraction of sp³-hybridized carbons (Fsp3) is 0.588. The Morgan fingerprint density at radius 3 is 2.33 bits per heavy atom. The molecule has 1 rings (SSSR count). The summed E-state index contributed by atoms with van der Waals surface area (Å²) in [7, 11) is 0. The molecule has 1 N–H and O–H groups in total.